The van der Waals surface area contributed by atoms with Crippen molar-refractivity contribution in [2.24, 2.45) is 11.8 Å². The van der Waals surface area contributed by atoms with Gasteiger partial charge in [0.25, 0.3) is 0 Å². The van der Waals surface area contributed by atoms with Crippen molar-refractivity contribution < 1.29 is 14.7 Å². The van der Waals surface area contributed by atoms with Crippen molar-refractivity contribution >= 4 is 5.97 Å². The van der Waals surface area contributed by atoms with Crippen LogP contribution in [-0.2, 0) is 9.63 Å². The minimum atomic E-state index is -0.810. The highest BCUT2D eigenvalue weighted by Crippen LogP contribution is 1.93. The molecule has 0 aliphatic rings. The average molecular weight is 175 g/mol. The Morgan fingerprint density at radius 1 is 1.50 bits per heavy atom. The van der Waals surface area contributed by atoms with E-state index in [9.17, 15) is 4.79 Å². The number of hydroxylamine groups is 1. The number of aliphatic carboxylic acids is 1. The molecule has 0 aromatic carbocycles. The molecule has 0 radical (unpaired) electrons. The molecule has 0 aromatic rings. The maximum Gasteiger partial charge on any atom is 0.307 e. The summed E-state index contributed by atoms with van der Waals surface area (Å²) in [5.74, 6) is -0.759. The second kappa shape index (κ2) is 5.97. The van der Waals surface area contributed by atoms with Crippen LogP contribution >= 0.6 is 0 Å². The summed E-state index contributed by atoms with van der Waals surface area (Å²) in [4.78, 5) is 15.3. The van der Waals surface area contributed by atoms with Crippen molar-refractivity contribution in [3.63, 3.8) is 0 Å². The molecule has 4 nitrogen and oxygen atoms in total. The fourth-order valence-electron chi connectivity index (χ4n) is 0.497. The van der Waals surface area contributed by atoms with E-state index >= 15 is 0 Å². The van der Waals surface area contributed by atoms with Crippen LogP contribution in [0.15, 0.2) is 0 Å². The van der Waals surface area contributed by atoms with Gasteiger partial charge in [0.05, 0.1) is 12.5 Å². The first-order chi connectivity index (χ1) is 5.54. The van der Waals surface area contributed by atoms with Crippen molar-refractivity contribution in [3.05, 3.63) is 0 Å². The summed E-state index contributed by atoms with van der Waals surface area (Å²) >= 11 is 0. The van der Waals surface area contributed by atoms with Crippen LogP contribution in [0.5, 0.6) is 0 Å². The number of hydrogen-bond donors (Lipinski definition) is 2. The standard InChI is InChI=1S/C8H17NO3/c1-6(2)5-12-9-4-7(3)8(10)11/h6-7,9H,4-5H2,1-3H3,(H,10,11). The Kier molecular flexibility index (Phi) is 5.66. The van der Waals surface area contributed by atoms with Crippen LogP contribution in [-0.4, -0.2) is 24.2 Å². The molecule has 0 spiro atoms. The van der Waals surface area contributed by atoms with Gasteiger partial charge >= 0.3 is 5.97 Å². The number of carboxylic acids is 1. The van der Waals surface area contributed by atoms with Gasteiger partial charge in [-0.1, -0.05) is 20.8 Å². The summed E-state index contributed by atoms with van der Waals surface area (Å²) in [6, 6.07) is 0. The fourth-order valence-corrected chi connectivity index (χ4v) is 0.497. The van der Waals surface area contributed by atoms with Gasteiger partial charge in [0.2, 0.25) is 0 Å². The molecule has 12 heavy (non-hydrogen) atoms. The Bertz CT molecular complexity index is 136. The molecule has 1 unspecified atom stereocenters. The molecular formula is C8H17NO3. The lowest BCUT2D eigenvalue weighted by molar-refractivity contribution is -0.142. The van der Waals surface area contributed by atoms with E-state index < -0.39 is 11.9 Å². The Morgan fingerprint density at radius 2 is 2.08 bits per heavy atom. The zero-order valence-corrected chi connectivity index (χ0v) is 7.83. The molecule has 0 saturated carbocycles. The van der Waals surface area contributed by atoms with Crippen molar-refractivity contribution in [1.29, 1.82) is 0 Å². The molecule has 4 heteroatoms. The number of carboxylic acid groups (broad SMARTS) is 1. The monoisotopic (exact) mass is 175 g/mol. The van der Waals surface area contributed by atoms with E-state index in [0.717, 1.165) is 0 Å². The van der Waals surface area contributed by atoms with Crippen LogP contribution in [0.4, 0.5) is 0 Å². The molecule has 0 amide bonds. The molecule has 0 saturated heterocycles. The van der Waals surface area contributed by atoms with Gasteiger partial charge in [0, 0.05) is 6.54 Å². The summed E-state index contributed by atoms with van der Waals surface area (Å²) in [5.41, 5.74) is 2.62. The van der Waals surface area contributed by atoms with Crippen LogP contribution < -0.4 is 5.48 Å². The normalized spacial score (nSPS) is 13.3. The summed E-state index contributed by atoms with van der Waals surface area (Å²) < 4.78 is 0. The predicted octanol–water partition coefficient (Wildman–Crippen LogP) is 0.884. The number of nitrogens with one attached hydrogen (secondary N) is 1. The number of hydrogen-bond acceptors (Lipinski definition) is 3. The summed E-state index contributed by atoms with van der Waals surface area (Å²) in [6.07, 6.45) is 0. The number of rotatable bonds is 6. The molecule has 0 bridgehead atoms. The topological polar surface area (TPSA) is 58.6 Å². The Balaban J connectivity index is 3.25. The van der Waals surface area contributed by atoms with Gasteiger partial charge in [-0.05, 0) is 5.92 Å². The third-order valence-electron chi connectivity index (χ3n) is 1.33. The van der Waals surface area contributed by atoms with Crippen LogP contribution in [0.25, 0.3) is 0 Å². The minimum Gasteiger partial charge on any atom is -0.481 e. The van der Waals surface area contributed by atoms with Gasteiger partial charge in [-0.15, -0.1) is 0 Å². The molecule has 0 aromatic heterocycles. The fraction of sp³-hybridized carbons (Fsp3) is 0.875. The maximum atomic E-state index is 10.3. The van der Waals surface area contributed by atoms with Gasteiger partial charge in [-0.2, -0.15) is 0 Å². The second-order valence-corrected chi connectivity index (χ2v) is 3.29. The zero-order valence-electron chi connectivity index (χ0n) is 7.83. The highest BCUT2D eigenvalue weighted by molar-refractivity contribution is 5.69. The Hall–Kier alpha value is -0.610. The second-order valence-electron chi connectivity index (χ2n) is 3.29. The summed E-state index contributed by atoms with van der Waals surface area (Å²) in [6.45, 7) is 6.65. The molecule has 0 fully saturated rings. The lowest BCUT2D eigenvalue weighted by atomic mass is 10.2. The van der Waals surface area contributed by atoms with Crippen LogP contribution in [0.2, 0.25) is 0 Å². The van der Waals surface area contributed by atoms with Crippen molar-refractivity contribution in [1.82, 2.24) is 5.48 Å². The molecular weight excluding hydrogens is 158 g/mol. The highest BCUT2D eigenvalue weighted by Gasteiger charge is 2.09. The molecule has 1 atom stereocenters. The summed E-state index contributed by atoms with van der Waals surface area (Å²) in [5, 5.41) is 8.49. The van der Waals surface area contributed by atoms with Crippen LogP contribution in [0.3, 0.4) is 0 Å². The molecule has 0 aliphatic heterocycles. The van der Waals surface area contributed by atoms with E-state index in [0.29, 0.717) is 19.1 Å². The molecule has 2 N–H and O–H groups in total. The summed E-state index contributed by atoms with van der Waals surface area (Å²) in [7, 11) is 0. The van der Waals surface area contributed by atoms with Gasteiger partial charge in [-0.3, -0.25) is 4.79 Å². The van der Waals surface area contributed by atoms with Gasteiger partial charge in [-0.25, -0.2) is 5.48 Å². The molecule has 72 valence electrons. The van der Waals surface area contributed by atoms with E-state index in [1.165, 1.54) is 0 Å². The van der Waals surface area contributed by atoms with E-state index in [-0.39, 0.29) is 0 Å². The molecule has 0 rings (SSSR count). The SMILES string of the molecule is CC(C)CONCC(C)C(=O)O. The first kappa shape index (κ1) is 11.4. The third kappa shape index (κ3) is 6.12. The first-order valence-corrected chi connectivity index (χ1v) is 4.11. The van der Waals surface area contributed by atoms with Crippen LogP contribution in [0.1, 0.15) is 20.8 Å². The Morgan fingerprint density at radius 3 is 2.50 bits per heavy atom. The highest BCUT2D eigenvalue weighted by atomic mass is 16.6. The van der Waals surface area contributed by atoms with Crippen molar-refractivity contribution in [2.45, 2.75) is 20.8 Å². The average Bonchev–Trinajstić information content (AvgIpc) is 1.97. The minimum absolute atomic E-state index is 0.349. The number of carbonyl (C=O) groups is 1. The third-order valence-corrected chi connectivity index (χ3v) is 1.33. The van der Waals surface area contributed by atoms with E-state index in [1.807, 2.05) is 13.8 Å². The van der Waals surface area contributed by atoms with Gasteiger partial charge in [0.1, 0.15) is 0 Å². The van der Waals surface area contributed by atoms with E-state index in [4.69, 9.17) is 9.94 Å². The smallest absolute Gasteiger partial charge is 0.307 e. The van der Waals surface area contributed by atoms with Gasteiger partial charge < -0.3 is 9.94 Å². The van der Waals surface area contributed by atoms with E-state index in [2.05, 4.69) is 5.48 Å². The Labute approximate surface area is 72.9 Å². The zero-order chi connectivity index (χ0) is 9.56. The maximum absolute atomic E-state index is 10.3. The quantitative estimate of drug-likeness (QED) is 0.465. The van der Waals surface area contributed by atoms with E-state index in [1.54, 1.807) is 6.92 Å². The molecule has 0 heterocycles. The predicted molar refractivity (Wildman–Crippen MR) is 45.6 cm³/mol. The first-order valence-electron chi connectivity index (χ1n) is 4.11. The van der Waals surface area contributed by atoms with Crippen molar-refractivity contribution in [3.8, 4) is 0 Å². The van der Waals surface area contributed by atoms with Crippen molar-refractivity contribution in [2.75, 3.05) is 13.2 Å². The van der Waals surface area contributed by atoms with Crippen LogP contribution in [0, 0.1) is 11.8 Å². The molecule has 0 aliphatic carbocycles. The lowest BCUT2D eigenvalue weighted by Crippen LogP contribution is -2.27. The van der Waals surface area contributed by atoms with Gasteiger partial charge in [0.15, 0.2) is 0 Å². The lowest BCUT2D eigenvalue weighted by Gasteiger charge is -2.09. The largest absolute Gasteiger partial charge is 0.481 e.